The van der Waals surface area contributed by atoms with Crippen LogP contribution in [0.2, 0.25) is 0 Å². The first kappa shape index (κ1) is 16.4. The van der Waals surface area contributed by atoms with Crippen LogP contribution in [-0.4, -0.2) is 80.1 Å². The first-order valence-corrected chi connectivity index (χ1v) is 8.59. The van der Waals surface area contributed by atoms with Crippen molar-refractivity contribution in [2.24, 2.45) is 0 Å². The lowest BCUT2D eigenvalue weighted by atomic mass is 10.1. The number of nitrogens with zero attached hydrogens (tertiary/aromatic N) is 3. The summed E-state index contributed by atoms with van der Waals surface area (Å²) in [6.07, 6.45) is 0.924. The average molecular weight is 317 g/mol. The predicted molar refractivity (Wildman–Crippen MR) is 90.6 cm³/mol. The van der Waals surface area contributed by atoms with E-state index in [1.807, 2.05) is 17.0 Å². The van der Waals surface area contributed by atoms with Crippen molar-refractivity contribution in [3.05, 3.63) is 35.4 Å². The van der Waals surface area contributed by atoms with Gasteiger partial charge in [-0.2, -0.15) is 0 Å². The predicted octanol–water partition coefficient (Wildman–Crippen LogP) is 1.30. The summed E-state index contributed by atoms with van der Waals surface area (Å²) in [7, 11) is 2.17. The monoisotopic (exact) mass is 317 g/mol. The molecular weight excluding hydrogens is 290 g/mol. The Balaban J connectivity index is 1.56. The maximum absolute atomic E-state index is 12.5. The zero-order chi connectivity index (χ0) is 16.1. The molecule has 1 amide bonds. The first-order valence-electron chi connectivity index (χ1n) is 8.59. The maximum Gasteiger partial charge on any atom is 0.253 e. The van der Waals surface area contributed by atoms with Gasteiger partial charge in [0.2, 0.25) is 0 Å². The minimum Gasteiger partial charge on any atom is -0.380 e. The number of carbonyl (C=O) groups excluding carboxylic acids is 1. The lowest BCUT2D eigenvalue weighted by Crippen LogP contribution is -2.43. The highest BCUT2D eigenvalue weighted by atomic mass is 16.5. The Kier molecular flexibility index (Phi) is 5.65. The van der Waals surface area contributed by atoms with E-state index in [9.17, 15) is 4.79 Å². The topological polar surface area (TPSA) is 36.0 Å². The van der Waals surface area contributed by atoms with Crippen molar-refractivity contribution in [1.82, 2.24) is 14.7 Å². The molecule has 0 atom stereocenters. The number of amides is 1. The quantitative estimate of drug-likeness (QED) is 0.842. The van der Waals surface area contributed by atoms with Crippen molar-refractivity contribution in [2.45, 2.75) is 13.0 Å². The fourth-order valence-electron chi connectivity index (χ4n) is 3.15. The van der Waals surface area contributed by atoms with Crippen LogP contribution >= 0.6 is 0 Å². The molecule has 23 heavy (non-hydrogen) atoms. The molecule has 3 rings (SSSR count). The number of hydrogen-bond donors (Lipinski definition) is 0. The van der Waals surface area contributed by atoms with Crippen molar-refractivity contribution in [1.29, 1.82) is 0 Å². The molecular formula is C18H27N3O2. The molecule has 1 aromatic carbocycles. The zero-order valence-electron chi connectivity index (χ0n) is 14.0. The summed E-state index contributed by atoms with van der Waals surface area (Å²) in [5.41, 5.74) is 2.07. The van der Waals surface area contributed by atoms with Crippen LogP contribution in [0.1, 0.15) is 22.3 Å². The molecule has 126 valence electrons. The summed E-state index contributed by atoms with van der Waals surface area (Å²) in [5, 5.41) is 0. The highest BCUT2D eigenvalue weighted by molar-refractivity contribution is 5.94. The van der Waals surface area contributed by atoms with E-state index in [1.54, 1.807) is 0 Å². The second-order valence-electron chi connectivity index (χ2n) is 6.53. The summed E-state index contributed by atoms with van der Waals surface area (Å²) in [4.78, 5) is 19.3. The number of carbonyl (C=O) groups is 1. The van der Waals surface area contributed by atoms with E-state index in [2.05, 4.69) is 29.0 Å². The normalized spacial score (nSPS) is 21.2. The highest BCUT2D eigenvalue weighted by Crippen LogP contribution is 2.12. The third-order valence-electron chi connectivity index (χ3n) is 4.71. The summed E-state index contributed by atoms with van der Waals surface area (Å²) in [6.45, 7) is 8.36. The zero-order valence-corrected chi connectivity index (χ0v) is 14.0. The number of piperazine rings is 1. The van der Waals surface area contributed by atoms with Crippen LogP contribution in [0.25, 0.3) is 0 Å². The summed E-state index contributed by atoms with van der Waals surface area (Å²) < 4.78 is 5.42. The molecule has 5 heteroatoms. The van der Waals surface area contributed by atoms with Crippen molar-refractivity contribution < 1.29 is 9.53 Å². The molecule has 0 N–H and O–H groups in total. The Morgan fingerprint density at radius 1 is 1.00 bits per heavy atom. The lowest BCUT2D eigenvalue weighted by molar-refractivity contribution is 0.0741. The third kappa shape index (κ3) is 4.53. The summed E-state index contributed by atoms with van der Waals surface area (Å²) in [5.74, 6) is 0.127. The molecule has 2 aliphatic heterocycles. The van der Waals surface area contributed by atoms with Gasteiger partial charge in [0.15, 0.2) is 0 Å². The van der Waals surface area contributed by atoms with Gasteiger partial charge < -0.3 is 14.5 Å². The largest absolute Gasteiger partial charge is 0.380 e. The fourth-order valence-corrected chi connectivity index (χ4v) is 3.15. The SMILES string of the molecule is CN1CCN(Cc2ccc(C(=O)N3CCCOCC3)cc2)CC1. The molecule has 0 radical (unpaired) electrons. The fraction of sp³-hybridized carbons (Fsp3) is 0.611. The third-order valence-corrected chi connectivity index (χ3v) is 4.71. The van der Waals surface area contributed by atoms with Crippen molar-refractivity contribution >= 4 is 5.91 Å². The van der Waals surface area contributed by atoms with Crippen LogP contribution < -0.4 is 0 Å². The Labute approximate surface area is 138 Å². The van der Waals surface area contributed by atoms with E-state index in [0.717, 1.165) is 57.9 Å². The van der Waals surface area contributed by atoms with Gasteiger partial charge in [-0.3, -0.25) is 9.69 Å². The van der Waals surface area contributed by atoms with Crippen LogP contribution in [0.5, 0.6) is 0 Å². The van der Waals surface area contributed by atoms with E-state index in [1.165, 1.54) is 5.56 Å². The Hall–Kier alpha value is -1.43. The molecule has 0 aromatic heterocycles. The Morgan fingerprint density at radius 2 is 1.74 bits per heavy atom. The lowest BCUT2D eigenvalue weighted by Gasteiger charge is -2.32. The van der Waals surface area contributed by atoms with Crippen LogP contribution in [0, 0.1) is 0 Å². The maximum atomic E-state index is 12.5. The molecule has 2 aliphatic rings. The van der Waals surface area contributed by atoms with Gasteiger partial charge in [0.05, 0.1) is 6.61 Å². The van der Waals surface area contributed by atoms with Crippen LogP contribution in [-0.2, 0) is 11.3 Å². The van der Waals surface area contributed by atoms with Crippen molar-refractivity contribution in [3.8, 4) is 0 Å². The van der Waals surface area contributed by atoms with Gasteiger partial charge in [-0.1, -0.05) is 12.1 Å². The highest BCUT2D eigenvalue weighted by Gasteiger charge is 2.18. The number of ether oxygens (including phenoxy) is 1. The van der Waals surface area contributed by atoms with Crippen LogP contribution in [0.3, 0.4) is 0 Å². The molecule has 0 unspecified atom stereocenters. The van der Waals surface area contributed by atoms with Gasteiger partial charge >= 0.3 is 0 Å². The molecule has 2 saturated heterocycles. The minimum atomic E-state index is 0.127. The Bertz CT molecular complexity index is 502. The molecule has 2 fully saturated rings. The number of likely N-dealkylation sites (N-methyl/N-ethyl adjacent to an activating group) is 1. The van der Waals surface area contributed by atoms with Crippen LogP contribution in [0.15, 0.2) is 24.3 Å². The second kappa shape index (κ2) is 7.90. The molecule has 0 aliphatic carbocycles. The second-order valence-corrected chi connectivity index (χ2v) is 6.53. The minimum absolute atomic E-state index is 0.127. The number of benzene rings is 1. The van der Waals surface area contributed by atoms with Gasteiger partial charge in [0, 0.05) is 58.0 Å². The molecule has 0 bridgehead atoms. The number of rotatable bonds is 3. The van der Waals surface area contributed by atoms with Crippen molar-refractivity contribution in [2.75, 3.05) is 59.5 Å². The van der Waals surface area contributed by atoms with Gasteiger partial charge in [-0.15, -0.1) is 0 Å². The van der Waals surface area contributed by atoms with E-state index in [0.29, 0.717) is 13.2 Å². The van der Waals surface area contributed by atoms with Gasteiger partial charge in [0.25, 0.3) is 5.91 Å². The van der Waals surface area contributed by atoms with Crippen molar-refractivity contribution in [3.63, 3.8) is 0 Å². The van der Waals surface area contributed by atoms with E-state index < -0.39 is 0 Å². The smallest absolute Gasteiger partial charge is 0.253 e. The summed E-state index contributed by atoms with van der Waals surface area (Å²) in [6, 6.07) is 8.14. The molecule has 1 aromatic rings. The molecule has 0 saturated carbocycles. The number of hydrogen-bond acceptors (Lipinski definition) is 4. The molecule has 0 spiro atoms. The van der Waals surface area contributed by atoms with E-state index in [-0.39, 0.29) is 5.91 Å². The first-order chi connectivity index (χ1) is 11.2. The summed E-state index contributed by atoms with van der Waals surface area (Å²) >= 11 is 0. The van der Waals surface area contributed by atoms with E-state index >= 15 is 0 Å². The van der Waals surface area contributed by atoms with E-state index in [4.69, 9.17) is 4.74 Å². The van der Waals surface area contributed by atoms with Crippen LogP contribution in [0.4, 0.5) is 0 Å². The van der Waals surface area contributed by atoms with Gasteiger partial charge in [0.1, 0.15) is 0 Å². The average Bonchev–Trinajstić information content (AvgIpc) is 2.86. The standard InChI is InChI=1S/C18H27N3O2/c1-19-8-10-20(11-9-19)15-16-3-5-17(6-4-16)18(22)21-7-2-13-23-14-12-21/h3-6H,2,7-15H2,1H3. The van der Waals surface area contributed by atoms with Gasteiger partial charge in [-0.05, 0) is 31.2 Å². The van der Waals surface area contributed by atoms with Gasteiger partial charge in [-0.25, -0.2) is 0 Å². The Morgan fingerprint density at radius 3 is 2.48 bits per heavy atom. The molecule has 2 heterocycles. The molecule has 5 nitrogen and oxygen atoms in total.